The smallest absolute Gasteiger partial charge is 0.420 e. The second kappa shape index (κ2) is 4.15. The molecule has 17 heavy (non-hydrogen) atoms. The summed E-state index contributed by atoms with van der Waals surface area (Å²) in [5.41, 5.74) is -2.34. The van der Waals surface area contributed by atoms with Crippen LogP contribution in [0.3, 0.4) is 0 Å². The highest BCUT2D eigenvalue weighted by Gasteiger charge is 2.57. The van der Waals surface area contributed by atoms with E-state index in [2.05, 4.69) is 10.6 Å². The second-order valence-corrected chi connectivity index (χ2v) is 3.83. The average molecular weight is 248 g/mol. The van der Waals surface area contributed by atoms with Crippen LogP contribution in [0.4, 0.5) is 13.2 Å². The van der Waals surface area contributed by atoms with Gasteiger partial charge in [0.25, 0.3) is 0 Å². The highest BCUT2D eigenvalue weighted by molar-refractivity contribution is 5.94. The number of rotatable bonds is 3. The minimum Gasteiger partial charge on any atom is -0.461 e. The molecule has 1 aliphatic rings. The predicted octanol–water partition coefficient (Wildman–Crippen LogP) is 1.30. The Labute approximate surface area is 95.2 Å². The molecule has 0 bridgehead atoms. The van der Waals surface area contributed by atoms with Crippen molar-refractivity contribution < 1.29 is 22.4 Å². The largest absolute Gasteiger partial charge is 0.461 e. The molecule has 0 atom stereocenters. The average Bonchev–Trinajstić information content (AvgIpc) is 2.86. The van der Waals surface area contributed by atoms with Crippen LogP contribution < -0.4 is 10.6 Å². The van der Waals surface area contributed by atoms with Gasteiger partial charge in [0, 0.05) is 13.1 Å². The fraction of sp³-hybridized carbons (Fsp3) is 0.500. The van der Waals surface area contributed by atoms with Crippen LogP contribution in [0.1, 0.15) is 17.0 Å². The third-order valence-electron chi connectivity index (χ3n) is 2.68. The van der Waals surface area contributed by atoms with Crippen LogP contribution >= 0.6 is 0 Å². The van der Waals surface area contributed by atoms with Gasteiger partial charge < -0.3 is 4.42 Å². The van der Waals surface area contributed by atoms with Gasteiger partial charge in [-0.25, -0.2) is 0 Å². The summed E-state index contributed by atoms with van der Waals surface area (Å²) in [4.78, 5) is 11.6. The summed E-state index contributed by atoms with van der Waals surface area (Å²) >= 11 is 0. The lowest BCUT2D eigenvalue weighted by molar-refractivity contribution is -0.198. The molecule has 0 radical (unpaired) electrons. The van der Waals surface area contributed by atoms with Gasteiger partial charge in [-0.3, -0.25) is 15.4 Å². The molecule has 0 saturated carbocycles. The van der Waals surface area contributed by atoms with Crippen molar-refractivity contribution in [1.29, 1.82) is 0 Å². The van der Waals surface area contributed by atoms with Crippen molar-refractivity contribution in [2.75, 3.05) is 13.1 Å². The summed E-state index contributed by atoms with van der Waals surface area (Å²) in [5, 5.41) is 4.61. The number of carbonyl (C=O) groups excluding carboxylic acids is 1. The quantitative estimate of drug-likeness (QED) is 0.792. The molecule has 0 unspecified atom stereocenters. The number of furan rings is 1. The van der Waals surface area contributed by atoms with Gasteiger partial charge in [-0.05, 0) is 12.1 Å². The van der Waals surface area contributed by atoms with E-state index in [0.29, 0.717) is 0 Å². The van der Waals surface area contributed by atoms with E-state index in [9.17, 15) is 18.0 Å². The van der Waals surface area contributed by atoms with Crippen LogP contribution in [-0.2, 0) is 0 Å². The molecule has 1 fully saturated rings. The van der Waals surface area contributed by atoms with Crippen LogP contribution in [0.25, 0.3) is 0 Å². The first-order valence-corrected chi connectivity index (χ1v) is 5.08. The Hall–Kier alpha value is -1.34. The van der Waals surface area contributed by atoms with E-state index in [1.54, 1.807) is 0 Å². The summed E-state index contributed by atoms with van der Waals surface area (Å²) < 4.78 is 43.5. The van der Waals surface area contributed by atoms with Crippen molar-refractivity contribution in [2.24, 2.45) is 0 Å². The summed E-state index contributed by atoms with van der Waals surface area (Å²) in [7, 11) is 0. The lowest BCUT2D eigenvalue weighted by Crippen LogP contribution is -2.61. The summed E-state index contributed by atoms with van der Waals surface area (Å²) in [5.74, 6) is -0.752. The standard InChI is InChI=1S/C10H11F3N2O2/c11-10(12,13)9(14-3-4-15-9)6-7(16)8-2-1-5-17-8/h1-2,5,14-15H,3-4,6H2. The zero-order valence-corrected chi connectivity index (χ0v) is 8.80. The Bertz CT molecular complexity index is 394. The maximum absolute atomic E-state index is 12.9. The first-order valence-electron chi connectivity index (χ1n) is 5.08. The molecule has 0 aromatic carbocycles. The van der Waals surface area contributed by atoms with Gasteiger partial charge >= 0.3 is 6.18 Å². The molecule has 0 amide bonds. The maximum Gasteiger partial charge on any atom is 0.420 e. The lowest BCUT2D eigenvalue weighted by atomic mass is 10.0. The molecular formula is C10H11F3N2O2. The molecule has 0 spiro atoms. The maximum atomic E-state index is 12.9. The number of Topliss-reactive ketones (excluding diaryl/α,β-unsaturated/α-hetero) is 1. The Kier molecular flexibility index (Phi) is 2.96. The first-order chi connectivity index (χ1) is 7.95. The predicted molar refractivity (Wildman–Crippen MR) is 52.4 cm³/mol. The van der Waals surface area contributed by atoms with E-state index in [1.807, 2.05) is 0 Å². The third kappa shape index (κ3) is 2.20. The molecule has 94 valence electrons. The highest BCUT2D eigenvalue weighted by Crippen LogP contribution is 2.33. The molecule has 1 aliphatic heterocycles. The van der Waals surface area contributed by atoms with Crippen LogP contribution in [0.2, 0.25) is 0 Å². The van der Waals surface area contributed by atoms with E-state index in [0.717, 1.165) is 0 Å². The highest BCUT2D eigenvalue weighted by atomic mass is 19.4. The van der Waals surface area contributed by atoms with E-state index in [4.69, 9.17) is 4.42 Å². The van der Waals surface area contributed by atoms with Crippen molar-refractivity contribution in [1.82, 2.24) is 10.6 Å². The fourth-order valence-corrected chi connectivity index (χ4v) is 1.81. The zero-order chi connectivity index (χ0) is 12.5. The van der Waals surface area contributed by atoms with Gasteiger partial charge in [-0.1, -0.05) is 0 Å². The summed E-state index contributed by atoms with van der Waals surface area (Å²) in [6.07, 6.45) is -4.00. The van der Waals surface area contributed by atoms with E-state index < -0.39 is 24.0 Å². The molecule has 7 heteroatoms. The monoisotopic (exact) mass is 248 g/mol. The van der Waals surface area contributed by atoms with Gasteiger partial charge in [0.1, 0.15) is 0 Å². The summed E-state index contributed by atoms with van der Waals surface area (Å²) in [6, 6.07) is 2.81. The Balaban J connectivity index is 2.17. The Morgan fingerprint density at radius 3 is 2.53 bits per heavy atom. The van der Waals surface area contributed by atoms with Crippen LogP contribution in [0, 0.1) is 0 Å². The number of alkyl halides is 3. The van der Waals surface area contributed by atoms with Crippen molar-refractivity contribution in [3.8, 4) is 0 Å². The van der Waals surface area contributed by atoms with E-state index in [1.165, 1.54) is 18.4 Å². The van der Waals surface area contributed by atoms with Crippen molar-refractivity contribution in [3.05, 3.63) is 24.2 Å². The summed E-state index contributed by atoms with van der Waals surface area (Å²) in [6.45, 7) is 0.343. The van der Waals surface area contributed by atoms with Crippen molar-refractivity contribution in [3.63, 3.8) is 0 Å². The number of nitrogens with one attached hydrogen (secondary N) is 2. The minimum absolute atomic E-state index is 0.0656. The number of hydrogen-bond acceptors (Lipinski definition) is 4. The van der Waals surface area contributed by atoms with Crippen molar-refractivity contribution in [2.45, 2.75) is 18.3 Å². The van der Waals surface area contributed by atoms with Crippen LogP contribution in [-0.4, -0.2) is 30.7 Å². The van der Waals surface area contributed by atoms with Crippen LogP contribution in [0.15, 0.2) is 22.8 Å². The van der Waals surface area contributed by atoms with Gasteiger partial charge in [0.05, 0.1) is 12.7 Å². The SMILES string of the molecule is O=C(CC1(C(F)(F)F)NCCN1)c1ccco1. The Morgan fingerprint density at radius 1 is 1.41 bits per heavy atom. The fourth-order valence-electron chi connectivity index (χ4n) is 1.81. The molecule has 2 N–H and O–H groups in total. The zero-order valence-electron chi connectivity index (χ0n) is 8.80. The third-order valence-corrected chi connectivity index (χ3v) is 2.68. The molecule has 1 saturated heterocycles. The van der Waals surface area contributed by atoms with Crippen LogP contribution in [0.5, 0.6) is 0 Å². The number of halogens is 3. The van der Waals surface area contributed by atoms with Gasteiger partial charge in [-0.15, -0.1) is 0 Å². The molecule has 4 nitrogen and oxygen atoms in total. The Morgan fingerprint density at radius 2 is 2.06 bits per heavy atom. The minimum atomic E-state index is -4.54. The molecule has 1 aromatic rings. The normalized spacial score (nSPS) is 19.5. The molecule has 0 aliphatic carbocycles. The van der Waals surface area contributed by atoms with Crippen molar-refractivity contribution >= 4 is 5.78 Å². The van der Waals surface area contributed by atoms with Gasteiger partial charge in [0.2, 0.25) is 5.78 Å². The number of hydrogen-bond donors (Lipinski definition) is 2. The number of carbonyl (C=O) groups is 1. The van der Waals surface area contributed by atoms with Gasteiger partial charge in [0.15, 0.2) is 11.4 Å². The molecular weight excluding hydrogens is 237 g/mol. The topological polar surface area (TPSA) is 54.3 Å². The molecule has 2 heterocycles. The van der Waals surface area contributed by atoms with Gasteiger partial charge in [-0.2, -0.15) is 13.2 Å². The van der Waals surface area contributed by atoms with E-state index >= 15 is 0 Å². The van der Waals surface area contributed by atoms with E-state index in [-0.39, 0.29) is 18.8 Å². The lowest BCUT2D eigenvalue weighted by Gasteiger charge is -2.31. The second-order valence-electron chi connectivity index (χ2n) is 3.83. The number of ketones is 1. The first kappa shape index (κ1) is 12.1. The molecule has 1 aromatic heterocycles. The molecule has 2 rings (SSSR count).